The Kier molecular flexibility index (Phi) is 5.42. The van der Waals surface area contributed by atoms with Crippen LogP contribution in [0.2, 0.25) is 0 Å². The minimum Gasteiger partial charge on any atom is -0.0816 e. The minimum atomic E-state index is 0.920. The first-order chi connectivity index (χ1) is 7.19. The van der Waals surface area contributed by atoms with Crippen LogP contribution in [-0.2, 0) is 0 Å². The number of rotatable bonds is 7. The van der Waals surface area contributed by atoms with E-state index in [1.165, 1.54) is 38.5 Å². The number of hydrogen-bond donors (Lipinski definition) is 0. The highest BCUT2D eigenvalue weighted by molar-refractivity contribution is 5.19. The molecule has 1 rings (SSSR count). The van der Waals surface area contributed by atoms with E-state index in [9.17, 15) is 0 Å². The summed E-state index contributed by atoms with van der Waals surface area (Å²) in [6.07, 6.45) is 10.9. The summed E-state index contributed by atoms with van der Waals surface area (Å²) in [5.41, 5.74) is 1.66. The van der Waals surface area contributed by atoms with E-state index in [1.54, 1.807) is 5.57 Å². The van der Waals surface area contributed by atoms with Gasteiger partial charge in [-0.25, -0.2) is 0 Å². The number of allylic oxidation sites excluding steroid dienone is 2. The third-order valence-electron chi connectivity index (χ3n) is 3.95. The molecule has 0 amide bonds. The second kappa shape index (κ2) is 6.35. The van der Waals surface area contributed by atoms with Crippen LogP contribution >= 0.6 is 0 Å². The predicted octanol–water partition coefficient (Wildman–Crippen LogP) is 5.20. The van der Waals surface area contributed by atoms with Gasteiger partial charge in [-0.1, -0.05) is 58.1 Å². The molecule has 0 saturated carbocycles. The smallest absolute Gasteiger partial charge is 0.0143 e. The Morgan fingerprint density at radius 1 is 1.13 bits per heavy atom. The van der Waals surface area contributed by atoms with E-state index in [2.05, 4.69) is 33.8 Å². The topological polar surface area (TPSA) is 0 Å². The Balaban J connectivity index is 2.24. The summed E-state index contributed by atoms with van der Waals surface area (Å²) in [4.78, 5) is 0. The zero-order valence-corrected chi connectivity index (χ0v) is 11.1. The maximum absolute atomic E-state index is 2.50. The molecular weight excluding hydrogens is 180 g/mol. The molecule has 0 aromatic heterocycles. The predicted molar refractivity (Wildman–Crippen MR) is 69.0 cm³/mol. The zero-order valence-electron chi connectivity index (χ0n) is 11.1. The molecule has 0 aromatic rings. The average Bonchev–Trinajstić information content (AvgIpc) is 2.18. The largest absolute Gasteiger partial charge is 0.0816 e. The number of hydrogen-bond acceptors (Lipinski definition) is 0. The van der Waals surface area contributed by atoms with Crippen LogP contribution in [0.15, 0.2) is 11.6 Å². The van der Waals surface area contributed by atoms with Crippen molar-refractivity contribution < 1.29 is 0 Å². The Morgan fingerprint density at radius 2 is 1.87 bits per heavy atom. The van der Waals surface area contributed by atoms with Crippen molar-refractivity contribution >= 4 is 0 Å². The molecule has 0 N–H and O–H groups in total. The molecule has 1 aliphatic carbocycles. The van der Waals surface area contributed by atoms with Crippen molar-refractivity contribution in [1.82, 2.24) is 0 Å². The molecule has 0 radical (unpaired) electrons. The van der Waals surface area contributed by atoms with Gasteiger partial charge in [0.15, 0.2) is 0 Å². The molecule has 15 heavy (non-hydrogen) atoms. The Labute approximate surface area is 96.2 Å². The van der Waals surface area contributed by atoms with Crippen LogP contribution < -0.4 is 0 Å². The van der Waals surface area contributed by atoms with Crippen LogP contribution in [0.1, 0.15) is 66.2 Å². The van der Waals surface area contributed by atoms with Gasteiger partial charge in [0.1, 0.15) is 0 Å². The average molecular weight is 208 g/mol. The summed E-state index contributed by atoms with van der Waals surface area (Å²) in [6, 6.07) is 0. The normalized spacial score (nSPS) is 27.1. The van der Waals surface area contributed by atoms with Crippen LogP contribution in [0.3, 0.4) is 0 Å². The minimum absolute atomic E-state index is 0.920. The van der Waals surface area contributed by atoms with Gasteiger partial charge in [0.05, 0.1) is 0 Å². The lowest BCUT2D eigenvalue weighted by Gasteiger charge is -2.35. The SMILES string of the molecule is CCCC(C)CCC1C(C)=CC1CCC. The Bertz CT molecular complexity index is 202. The summed E-state index contributed by atoms with van der Waals surface area (Å²) in [5.74, 6) is 2.79. The van der Waals surface area contributed by atoms with Crippen LogP contribution in [0.5, 0.6) is 0 Å². The van der Waals surface area contributed by atoms with Gasteiger partial charge in [0.25, 0.3) is 0 Å². The van der Waals surface area contributed by atoms with Crippen LogP contribution in [0, 0.1) is 17.8 Å². The molecule has 88 valence electrons. The second-order valence-electron chi connectivity index (χ2n) is 5.44. The van der Waals surface area contributed by atoms with Crippen molar-refractivity contribution in [2.45, 2.75) is 66.2 Å². The summed E-state index contributed by atoms with van der Waals surface area (Å²) in [5, 5.41) is 0. The first-order valence-corrected chi connectivity index (χ1v) is 6.87. The van der Waals surface area contributed by atoms with Crippen molar-refractivity contribution in [3.05, 3.63) is 11.6 Å². The fourth-order valence-electron chi connectivity index (χ4n) is 2.96. The molecule has 0 fully saturated rings. The third kappa shape index (κ3) is 3.66. The van der Waals surface area contributed by atoms with Gasteiger partial charge < -0.3 is 0 Å². The summed E-state index contributed by atoms with van der Waals surface area (Å²) in [7, 11) is 0. The molecule has 0 saturated heterocycles. The van der Waals surface area contributed by atoms with Crippen LogP contribution in [0.4, 0.5) is 0 Å². The van der Waals surface area contributed by atoms with Crippen molar-refractivity contribution in [1.29, 1.82) is 0 Å². The highest BCUT2D eigenvalue weighted by Crippen LogP contribution is 2.40. The standard InChI is InChI=1S/C15H28/c1-5-7-12(3)9-10-15-13(4)11-14(15)8-6-2/h11-12,14-15H,5-10H2,1-4H3. The van der Waals surface area contributed by atoms with Crippen molar-refractivity contribution in [2.24, 2.45) is 17.8 Å². The molecule has 0 spiro atoms. The van der Waals surface area contributed by atoms with Gasteiger partial charge in [-0.3, -0.25) is 0 Å². The first-order valence-electron chi connectivity index (χ1n) is 6.87. The van der Waals surface area contributed by atoms with Crippen LogP contribution in [-0.4, -0.2) is 0 Å². The van der Waals surface area contributed by atoms with Gasteiger partial charge in [-0.15, -0.1) is 0 Å². The van der Waals surface area contributed by atoms with Gasteiger partial charge in [0.2, 0.25) is 0 Å². The lowest BCUT2D eigenvalue weighted by molar-refractivity contribution is 0.314. The molecule has 1 aliphatic rings. The molecule has 3 unspecified atom stereocenters. The maximum Gasteiger partial charge on any atom is -0.0143 e. The molecule has 3 atom stereocenters. The van der Waals surface area contributed by atoms with Crippen molar-refractivity contribution in [3.8, 4) is 0 Å². The molecule has 0 nitrogen and oxygen atoms in total. The fourth-order valence-corrected chi connectivity index (χ4v) is 2.96. The van der Waals surface area contributed by atoms with Crippen LogP contribution in [0.25, 0.3) is 0 Å². The highest BCUT2D eigenvalue weighted by atomic mass is 14.3. The van der Waals surface area contributed by atoms with E-state index in [1.807, 2.05) is 0 Å². The molecule has 0 aliphatic heterocycles. The summed E-state index contributed by atoms with van der Waals surface area (Å²) >= 11 is 0. The van der Waals surface area contributed by atoms with Gasteiger partial charge in [-0.05, 0) is 37.5 Å². The van der Waals surface area contributed by atoms with Crippen molar-refractivity contribution in [2.75, 3.05) is 0 Å². The van der Waals surface area contributed by atoms with Gasteiger partial charge >= 0.3 is 0 Å². The van der Waals surface area contributed by atoms with Gasteiger partial charge in [0, 0.05) is 0 Å². The van der Waals surface area contributed by atoms with E-state index in [0.29, 0.717) is 0 Å². The fraction of sp³-hybridized carbons (Fsp3) is 0.867. The monoisotopic (exact) mass is 208 g/mol. The van der Waals surface area contributed by atoms with Crippen molar-refractivity contribution in [3.63, 3.8) is 0 Å². The maximum atomic E-state index is 2.50. The van der Waals surface area contributed by atoms with Gasteiger partial charge in [-0.2, -0.15) is 0 Å². The lowest BCUT2D eigenvalue weighted by Crippen LogP contribution is -2.24. The zero-order chi connectivity index (χ0) is 11.3. The van der Waals surface area contributed by atoms with E-state index in [0.717, 1.165) is 17.8 Å². The molecule has 0 heterocycles. The van der Waals surface area contributed by atoms with E-state index in [-0.39, 0.29) is 0 Å². The second-order valence-corrected chi connectivity index (χ2v) is 5.44. The lowest BCUT2D eigenvalue weighted by atomic mass is 9.70. The summed E-state index contributed by atoms with van der Waals surface area (Å²) < 4.78 is 0. The van der Waals surface area contributed by atoms with E-state index in [4.69, 9.17) is 0 Å². The van der Waals surface area contributed by atoms with E-state index < -0.39 is 0 Å². The van der Waals surface area contributed by atoms with E-state index >= 15 is 0 Å². The molecule has 0 bridgehead atoms. The third-order valence-corrected chi connectivity index (χ3v) is 3.95. The first kappa shape index (κ1) is 12.8. The highest BCUT2D eigenvalue weighted by Gasteiger charge is 2.28. The summed E-state index contributed by atoms with van der Waals surface area (Å²) in [6.45, 7) is 9.33. The molecule has 0 aromatic carbocycles. The Morgan fingerprint density at radius 3 is 2.40 bits per heavy atom. The molecule has 0 heteroatoms. The molecular formula is C15H28. The quantitative estimate of drug-likeness (QED) is 0.505. The Hall–Kier alpha value is -0.260.